The van der Waals surface area contributed by atoms with Gasteiger partial charge in [0, 0.05) is 37.0 Å². The zero-order valence-corrected chi connectivity index (χ0v) is 20.3. The van der Waals surface area contributed by atoms with Gasteiger partial charge in [-0.25, -0.2) is 9.67 Å². The van der Waals surface area contributed by atoms with E-state index >= 15 is 0 Å². The maximum Gasteiger partial charge on any atom is 0.244 e. The van der Waals surface area contributed by atoms with Crippen LogP contribution in [0.2, 0.25) is 0 Å². The number of carbonyl (C=O) groups is 2. The van der Waals surface area contributed by atoms with Crippen molar-refractivity contribution in [3.63, 3.8) is 0 Å². The van der Waals surface area contributed by atoms with E-state index in [4.69, 9.17) is 5.73 Å². The molecule has 1 aromatic carbocycles. The highest BCUT2D eigenvalue weighted by Gasteiger charge is 2.36. The van der Waals surface area contributed by atoms with Crippen molar-refractivity contribution in [1.82, 2.24) is 24.9 Å². The van der Waals surface area contributed by atoms with Crippen LogP contribution in [0.1, 0.15) is 65.2 Å². The minimum atomic E-state index is -0.0296. The van der Waals surface area contributed by atoms with Gasteiger partial charge in [0.05, 0.1) is 18.8 Å². The molecule has 0 saturated carbocycles. The van der Waals surface area contributed by atoms with Crippen LogP contribution in [-0.4, -0.2) is 62.2 Å². The maximum atomic E-state index is 13.0. The van der Waals surface area contributed by atoms with Crippen LogP contribution in [0.4, 0.5) is 11.5 Å². The largest absolute Gasteiger partial charge is 0.383 e. The maximum absolute atomic E-state index is 13.0. The first-order chi connectivity index (χ1) is 17.6. The van der Waals surface area contributed by atoms with Gasteiger partial charge in [0.2, 0.25) is 5.91 Å². The molecule has 4 heterocycles. The average molecular weight is 486 g/mol. The zero-order chi connectivity index (χ0) is 24.6. The molecule has 0 radical (unpaired) electrons. The summed E-state index contributed by atoms with van der Waals surface area (Å²) < 4.78 is 1.69. The summed E-state index contributed by atoms with van der Waals surface area (Å²) in [5, 5.41) is 8.31. The van der Waals surface area contributed by atoms with Crippen LogP contribution in [0.5, 0.6) is 0 Å². The Balaban J connectivity index is 1.09. The van der Waals surface area contributed by atoms with Crippen LogP contribution in [0, 0.1) is 0 Å². The summed E-state index contributed by atoms with van der Waals surface area (Å²) in [6, 6.07) is 10.1. The van der Waals surface area contributed by atoms with Crippen molar-refractivity contribution in [2.24, 2.45) is 0 Å². The molecule has 9 nitrogen and oxygen atoms in total. The lowest BCUT2D eigenvalue weighted by Crippen LogP contribution is -2.58. The van der Waals surface area contributed by atoms with Crippen LogP contribution in [-0.2, 0) is 17.8 Å². The molecule has 9 heteroatoms. The Labute approximate surface area is 210 Å². The lowest BCUT2D eigenvalue weighted by Gasteiger charge is -2.43. The van der Waals surface area contributed by atoms with Crippen LogP contribution in [0.15, 0.2) is 42.7 Å². The number of ketones is 1. The molecule has 6 rings (SSSR count). The average Bonchev–Trinajstić information content (AvgIpc) is 3.53. The highest BCUT2D eigenvalue weighted by Crippen LogP contribution is 2.38. The second-order valence-electron chi connectivity index (χ2n) is 10.1. The molecule has 1 amide bonds. The molecule has 2 N–H and O–H groups in total. The Morgan fingerprint density at radius 3 is 2.78 bits per heavy atom. The molecular weight excluding hydrogens is 454 g/mol. The Morgan fingerprint density at radius 2 is 1.92 bits per heavy atom. The highest BCUT2D eigenvalue weighted by atomic mass is 16.2. The van der Waals surface area contributed by atoms with Crippen LogP contribution in [0.3, 0.4) is 0 Å². The monoisotopic (exact) mass is 485 g/mol. The number of nitrogens with two attached hydrogens (primary N) is 1. The van der Waals surface area contributed by atoms with E-state index in [0.29, 0.717) is 24.5 Å². The predicted molar refractivity (Wildman–Crippen MR) is 136 cm³/mol. The molecular formula is C27H31N7O2. The van der Waals surface area contributed by atoms with Gasteiger partial charge in [-0.2, -0.15) is 0 Å². The van der Waals surface area contributed by atoms with Gasteiger partial charge >= 0.3 is 0 Å². The molecule has 2 atom stereocenters. The number of benzene rings is 1. The molecule has 1 aliphatic carbocycles. The van der Waals surface area contributed by atoms with Gasteiger partial charge in [0.25, 0.3) is 0 Å². The molecule has 36 heavy (non-hydrogen) atoms. The second kappa shape index (κ2) is 9.46. The third kappa shape index (κ3) is 4.28. The van der Waals surface area contributed by atoms with Crippen molar-refractivity contribution in [2.45, 2.75) is 57.0 Å². The number of nitrogen functional groups attached to an aromatic ring is 1. The third-order valence-electron chi connectivity index (χ3n) is 7.91. The van der Waals surface area contributed by atoms with Gasteiger partial charge in [0.15, 0.2) is 5.78 Å². The van der Waals surface area contributed by atoms with Crippen molar-refractivity contribution in [1.29, 1.82) is 0 Å². The minimum absolute atomic E-state index is 0.0296. The van der Waals surface area contributed by atoms with E-state index in [1.807, 2.05) is 35.2 Å². The number of Topliss-reactive ketones (excluding diaryl/α,β-unsaturated/α-hetero) is 1. The van der Waals surface area contributed by atoms with Crippen molar-refractivity contribution in [3.8, 4) is 0 Å². The third-order valence-corrected chi connectivity index (χ3v) is 7.91. The summed E-state index contributed by atoms with van der Waals surface area (Å²) in [6.07, 6.45) is 8.89. The molecule has 0 spiro atoms. The highest BCUT2D eigenvalue weighted by molar-refractivity contribution is 5.98. The number of nitrogens with zero attached hydrogens (tertiary/aromatic N) is 6. The second-order valence-corrected chi connectivity index (χ2v) is 10.1. The van der Waals surface area contributed by atoms with Gasteiger partial charge in [0.1, 0.15) is 11.5 Å². The number of hydrogen-bond acceptors (Lipinski definition) is 7. The lowest BCUT2D eigenvalue weighted by atomic mass is 9.95. The standard InChI is InChI=1S/C27H31N7O2/c28-26-25-19(10-11-29-26)6-7-20(25)15-24(35)22-17-33(31-30-22)16-18-4-8-21(9-5-18)34-14-13-32-12-2-1-3-23(32)27(34)36/h4-5,8-11,17,20,23H,1-3,6-7,12-16H2,(H2,28,29). The van der Waals surface area contributed by atoms with E-state index in [1.165, 1.54) is 12.0 Å². The van der Waals surface area contributed by atoms with E-state index in [-0.39, 0.29) is 23.7 Å². The van der Waals surface area contributed by atoms with Crippen molar-refractivity contribution < 1.29 is 9.59 Å². The number of hydrogen-bond donors (Lipinski definition) is 1. The summed E-state index contributed by atoms with van der Waals surface area (Å²) in [5.41, 5.74) is 10.6. The summed E-state index contributed by atoms with van der Waals surface area (Å²) in [5.74, 6) is 0.794. The van der Waals surface area contributed by atoms with Gasteiger partial charge < -0.3 is 10.6 Å². The number of piperazine rings is 1. The summed E-state index contributed by atoms with van der Waals surface area (Å²) in [6.45, 7) is 3.21. The van der Waals surface area contributed by atoms with Crippen molar-refractivity contribution >= 4 is 23.2 Å². The quantitative estimate of drug-likeness (QED) is 0.535. The lowest BCUT2D eigenvalue weighted by molar-refractivity contribution is -0.127. The number of pyridine rings is 1. The summed E-state index contributed by atoms with van der Waals surface area (Å²) in [7, 11) is 0. The molecule has 186 valence electrons. The fourth-order valence-corrected chi connectivity index (χ4v) is 6.01. The zero-order valence-electron chi connectivity index (χ0n) is 20.3. The normalized spacial score (nSPS) is 21.9. The number of rotatable bonds is 6. The fourth-order valence-electron chi connectivity index (χ4n) is 6.01. The van der Waals surface area contributed by atoms with E-state index in [9.17, 15) is 9.59 Å². The van der Waals surface area contributed by atoms with Gasteiger partial charge in [-0.3, -0.25) is 14.5 Å². The first-order valence-corrected chi connectivity index (χ1v) is 12.9. The molecule has 2 unspecified atom stereocenters. The Morgan fingerprint density at radius 1 is 1.06 bits per heavy atom. The van der Waals surface area contributed by atoms with Crippen LogP contribution < -0.4 is 10.6 Å². The number of aryl methyl sites for hydroxylation is 1. The van der Waals surface area contributed by atoms with E-state index in [0.717, 1.165) is 62.1 Å². The minimum Gasteiger partial charge on any atom is -0.383 e. The first-order valence-electron chi connectivity index (χ1n) is 12.9. The smallest absolute Gasteiger partial charge is 0.244 e. The molecule has 2 aliphatic heterocycles. The first kappa shape index (κ1) is 22.8. The number of piperidine rings is 1. The molecule has 2 fully saturated rings. The number of amides is 1. The van der Waals surface area contributed by atoms with Gasteiger partial charge in [-0.1, -0.05) is 23.8 Å². The van der Waals surface area contributed by atoms with Gasteiger partial charge in [-0.15, -0.1) is 5.10 Å². The Bertz CT molecular complexity index is 1290. The fraction of sp³-hybridized carbons (Fsp3) is 0.444. The van der Waals surface area contributed by atoms with E-state index < -0.39 is 0 Å². The Kier molecular flexibility index (Phi) is 6.00. The molecule has 3 aromatic rings. The van der Waals surface area contributed by atoms with E-state index in [2.05, 4.69) is 20.2 Å². The predicted octanol–water partition coefficient (Wildman–Crippen LogP) is 2.81. The SMILES string of the molecule is Nc1nccc2c1C(CC(=O)c1cn(Cc3ccc(N4CCN5CCCCC5C4=O)cc3)nn1)CC2. The molecule has 0 bridgehead atoms. The van der Waals surface area contributed by atoms with Gasteiger partial charge in [-0.05, 0) is 67.5 Å². The molecule has 2 saturated heterocycles. The molecule has 3 aliphatic rings. The molecule has 2 aromatic heterocycles. The number of aromatic nitrogens is 4. The number of fused-ring (bicyclic) bond motifs is 2. The van der Waals surface area contributed by atoms with E-state index in [1.54, 1.807) is 17.1 Å². The number of anilines is 2. The topological polar surface area (TPSA) is 110 Å². The number of carbonyl (C=O) groups excluding carboxylic acids is 2. The van der Waals surface area contributed by atoms with Crippen LogP contribution >= 0.6 is 0 Å². The van der Waals surface area contributed by atoms with Crippen molar-refractivity contribution in [3.05, 3.63) is 65.1 Å². The van der Waals surface area contributed by atoms with Crippen LogP contribution in [0.25, 0.3) is 0 Å². The summed E-state index contributed by atoms with van der Waals surface area (Å²) >= 11 is 0. The van der Waals surface area contributed by atoms with Crippen molar-refractivity contribution in [2.75, 3.05) is 30.3 Å². The summed E-state index contributed by atoms with van der Waals surface area (Å²) in [4.78, 5) is 34.4. The Hall–Kier alpha value is -3.59.